The van der Waals surface area contributed by atoms with Crippen LogP contribution >= 0.6 is 11.6 Å². The Kier molecular flexibility index (Phi) is 5.12. The lowest BCUT2D eigenvalue weighted by atomic mass is 9.78. The van der Waals surface area contributed by atoms with Gasteiger partial charge in [0.1, 0.15) is 5.75 Å². The lowest BCUT2D eigenvalue weighted by molar-refractivity contribution is -0.131. The zero-order valence-electron chi connectivity index (χ0n) is 13.8. The van der Waals surface area contributed by atoms with Gasteiger partial charge in [-0.2, -0.15) is 0 Å². The number of carbonyl (C=O) groups excluding carboxylic acids is 1. The molecular weight excluding hydrogens is 312 g/mol. The first-order valence-electron chi connectivity index (χ1n) is 8.41. The molecule has 3 rings (SSSR count). The van der Waals surface area contributed by atoms with Gasteiger partial charge in [0.15, 0.2) is 0 Å². The zero-order valence-corrected chi connectivity index (χ0v) is 14.5. The van der Waals surface area contributed by atoms with Crippen molar-refractivity contribution < 1.29 is 9.53 Å². The summed E-state index contributed by atoms with van der Waals surface area (Å²) in [6.45, 7) is 4.54. The van der Waals surface area contributed by atoms with E-state index in [1.807, 2.05) is 23.1 Å². The third-order valence-electron chi connectivity index (χ3n) is 5.22. The van der Waals surface area contributed by atoms with Gasteiger partial charge in [0.2, 0.25) is 5.91 Å². The van der Waals surface area contributed by atoms with Crippen molar-refractivity contribution in [3.05, 3.63) is 29.3 Å². The fraction of sp³-hybridized carbons (Fsp3) is 0.611. The van der Waals surface area contributed by atoms with Gasteiger partial charge < -0.3 is 14.5 Å². The molecule has 5 heteroatoms. The number of benzene rings is 1. The minimum atomic E-state index is 0.211. The number of piperidine rings is 1. The SMILES string of the molecule is CN1CCC2(CC1)CCN(C(=O)CCOc1cccc(Cl)c1)C2. The van der Waals surface area contributed by atoms with Gasteiger partial charge >= 0.3 is 0 Å². The van der Waals surface area contributed by atoms with E-state index >= 15 is 0 Å². The van der Waals surface area contributed by atoms with Crippen LogP contribution in [0.5, 0.6) is 5.75 Å². The van der Waals surface area contributed by atoms with Gasteiger partial charge in [-0.25, -0.2) is 0 Å². The molecule has 0 aromatic heterocycles. The second-order valence-corrected chi connectivity index (χ2v) is 7.36. The molecule has 126 valence electrons. The number of amides is 1. The van der Waals surface area contributed by atoms with Crippen LogP contribution in [-0.2, 0) is 4.79 Å². The highest BCUT2D eigenvalue weighted by Gasteiger charge is 2.41. The Labute approximate surface area is 143 Å². The molecule has 2 fully saturated rings. The van der Waals surface area contributed by atoms with Crippen LogP contribution in [0.4, 0.5) is 0 Å². The first-order valence-corrected chi connectivity index (χ1v) is 8.79. The molecule has 1 amide bonds. The van der Waals surface area contributed by atoms with E-state index in [4.69, 9.17) is 16.3 Å². The van der Waals surface area contributed by atoms with Crippen molar-refractivity contribution in [2.24, 2.45) is 5.41 Å². The molecule has 0 bridgehead atoms. The van der Waals surface area contributed by atoms with E-state index < -0.39 is 0 Å². The number of ether oxygens (including phenoxy) is 1. The number of hydrogen-bond donors (Lipinski definition) is 0. The molecule has 0 atom stereocenters. The van der Waals surface area contributed by atoms with E-state index in [9.17, 15) is 4.79 Å². The smallest absolute Gasteiger partial charge is 0.226 e. The first kappa shape index (κ1) is 16.6. The lowest BCUT2D eigenvalue weighted by Gasteiger charge is -2.37. The summed E-state index contributed by atoms with van der Waals surface area (Å²) in [6, 6.07) is 7.30. The van der Waals surface area contributed by atoms with Crippen molar-refractivity contribution in [1.29, 1.82) is 0 Å². The van der Waals surface area contributed by atoms with E-state index in [1.54, 1.807) is 6.07 Å². The largest absolute Gasteiger partial charge is 0.493 e. The maximum absolute atomic E-state index is 12.4. The highest BCUT2D eigenvalue weighted by atomic mass is 35.5. The first-order chi connectivity index (χ1) is 11.1. The van der Waals surface area contributed by atoms with Gasteiger partial charge in [-0.05, 0) is 63.0 Å². The normalized spacial score (nSPS) is 20.9. The summed E-state index contributed by atoms with van der Waals surface area (Å²) in [4.78, 5) is 16.8. The van der Waals surface area contributed by atoms with Crippen molar-refractivity contribution >= 4 is 17.5 Å². The minimum absolute atomic E-state index is 0.211. The summed E-state index contributed by atoms with van der Waals surface area (Å²) in [5.41, 5.74) is 0.371. The zero-order chi connectivity index (χ0) is 16.3. The van der Waals surface area contributed by atoms with Crippen LogP contribution < -0.4 is 4.74 Å². The summed E-state index contributed by atoms with van der Waals surface area (Å²) in [5, 5.41) is 0.651. The van der Waals surface area contributed by atoms with E-state index in [-0.39, 0.29) is 5.91 Å². The number of nitrogens with zero attached hydrogens (tertiary/aromatic N) is 2. The van der Waals surface area contributed by atoms with E-state index in [0.717, 1.165) is 38.3 Å². The highest BCUT2D eigenvalue weighted by molar-refractivity contribution is 6.30. The molecule has 2 heterocycles. The molecule has 0 radical (unpaired) electrons. The minimum Gasteiger partial charge on any atom is -0.493 e. The number of hydrogen-bond acceptors (Lipinski definition) is 3. The molecule has 1 aromatic carbocycles. The second-order valence-electron chi connectivity index (χ2n) is 6.92. The van der Waals surface area contributed by atoms with Crippen LogP contribution in [0.2, 0.25) is 5.02 Å². The van der Waals surface area contributed by atoms with Gasteiger partial charge in [-0.15, -0.1) is 0 Å². The predicted octanol–water partition coefficient (Wildman–Crippen LogP) is 3.05. The fourth-order valence-electron chi connectivity index (χ4n) is 3.62. The van der Waals surface area contributed by atoms with Crippen LogP contribution in [0.3, 0.4) is 0 Å². The van der Waals surface area contributed by atoms with E-state index in [2.05, 4.69) is 11.9 Å². The van der Waals surface area contributed by atoms with Crippen LogP contribution in [0.1, 0.15) is 25.7 Å². The Morgan fingerprint density at radius 3 is 2.74 bits per heavy atom. The third kappa shape index (κ3) is 4.18. The number of rotatable bonds is 4. The van der Waals surface area contributed by atoms with Gasteiger partial charge in [0, 0.05) is 18.1 Å². The lowest BCUT2D eigenvalue weighted by Crippen LogP contribution is -2.40. The van der Waals surface area contributed by atoms with Crippen LogP contribution in [-0.4, -0.2) is 55.5 Å². The summed E-state index contributed by atoms with van der Waals surface area (Å²) < 4.78 is 5.63. The molecule has 1 aromatic rings. The van der Waals surface area contributed by atoms with Crippen LogP contribution in [0.15, 0.2) is 24.3 Å². The van der Waals surface area contributed by atoms with Crippen LogP contribution in [0, 0.1) is 5.41 Å². The van der Waals surface area contributed by atoms with Gasteiger partial charge in [-0.1, -0.05) is 17.7 Å². The molecular formula is C18H25ClN2O2. The highest BCUT2D eigenvalue weighted by Crippen LogP contribution is 2.40. The number of halogens is 1. The summed E-state index contributed by atoms with van der Waals surface area (Å²) in [7, 11) is 2.18. The molecule has 0 unspecified atom stereocenters. The third-order valence-corrected chi connectivity index (χ3v) is 5.45. The molecule has 0 N–H and O–H groups in total. The molecule has 23 heavy (non-hydrogen) atoms. The fourth-order valence-corrected chi connectivity index (χ4v) is 3.80. The van der Waals surface area contributed by atoms with E-state index in [0.29, 0.717) is 23.5 Å². The Balaban J connectivity index is 1.44. The molecule has 0 saturated carbocycles. The molecule has 1 spiro atoms. The predicted molar refractivity (Wildman–Crippen MR) is 91.9 cm³/mol. The van der Waals surface area contributed by atoms with Gasteiger partial charge in [0.05, 0.1) is 13.0 Å². The average molecular weight is 337 g/mol. The number of likely N-dealkylation sites (tertiary alicyclic amines) is 2. The van der Waals surface area contributed by atoms with Crippen molar-refractivity contribution in [3.8, 4) is 5.75 Å². The van der Waals surface area contributed by atoms with E-state index in [1.165, 1.54) is 12.8 Å². The average Bonchev–Trinajstić information content (AvgIpc) is 2.95. The quantitative estimate of drug-likeness (QED) is 0.847. The second kappa shape index (κ2) is 7.10. The standard InChI is InChI=1S/C18H25ClN2O2/c1-20-9-6-18(7-10-20)8-11-21(14-18)17(22)5-12-23-16-4-2-3-15(19)13-16/h2-4,13H,5-12,14H2,1H3. The Bertz CT molecular complexity index is 556. The monoisotopic (exact) mass is 336 g/mol. The molecule has 4 nitrogen and oxygen atoms in total. The van der Waals surface area contributed by atoms with Crippen molar-refractivity contribution in [1.82, 2.24) is 9.80 Å². The summed E-state index contributed by atoms with van der Waals surface area (Å²) in [6.07, 6.45) is 4.02. The summed E-state index contributed by atoms with van der Waals surface area (Å²) >= 11 is 5.92. The van der Waals surface area contributed by atoms with Crippen molar-refractivity contribution in [2.75, 3.05) is 39.8 Å². The maximum Gasteiger partial charge on any atom is 0.226 e. The number of carbonyl (C=O) groups is 1. The van der Waals surface area contributed by atoms with Crippen molar-refractivity contribution in [2.45, 2.75) is 25.7 Å². The maximum atomic E-state index is 12.4. The van der Waals surface area contributed by atoms with Gasteiger partial charge in [-0.3, -0.25) is 4.79 Å². The Morgan fingerprint density at radius 2 is 2.00 bits per heavy atom. The van der Waals surface area contributed by atoms with Gasteiger partial charge in [0.25, 0.3) is 0 Å². The topological polar surface area (TPSA) is 32.8 Å². The summed E-state index contributed by atoms with van der Waals surface area (Å²) in [5.74, 6) is 0.932. The van der Waals surface area contributed by atoms with Crippen LogP contribution in [0.25, 0.3) is 0 Å². The molecule has 2 saturated heterocycles. The molecule has 2 aliphatic rings. The Morgan fingerprint density at radius 1 is 1.26 bits per heavy atom. The van der Waals surface area contributed by atoms with Crippen molar-refractivity contribution in [3.63, 3.8) is 0 Å². The Hall–Kier alpha value is -1.26. The molecule has 2 aliphatic heterocycles. The molecule has 0 aliphatic carbocycles.